The Hall–Kier alpha value is -2.30. The van der Waals surface area contributed by atoms with Gasteiger partial charge in [-0.05, 0) is 44.9 Å². The lowest BCUT2D eigenvalue weighted by Crippen LogP contribution is -2.69. The smallest absolute Gasteiger partial charge is 0.463 e. The number of ether oxygens (including phenoxy) is 7. The number of unbranched alkanes of at least 4 members (excludes halogenated alkanes) is 35. The van der Waals surface area contributed by atoms with Crippen molar-refractivity contribution in [3.63, 3.8) is 0 Å². The van der Waals surface area contributed by atoms with Crippen LogP contribution in [0.3, 0.4) is 0 Å². The number of allylic oxidation sites excluding steroid dienone is 2. The second kappa shape index (κ2) is 53.5. The number of phosphoric acid groups is 1. The number of phosphoric ester groups is 1. The Kier molecular flexibility index (Phi) is 49.0. The summed E-state index contributed by atoms with van der Waals surface area (Å²) in [6, 6.07) is 0. The fourth-order valence-electron chi connectivity index (χ4n) is 12.4. The van der Waals surface area contributed by atoms with Crippen LogP contribution in [0.15, 0.2) is 12.2 Å². The first-order valence-electron chi connectivity index (χ1n) is 37.5. The number of rotatable bonds is 58. The van der Waals surface area contributed by atoms with Crippen molar-refractivity contribution in [1.82, 2.24) is 0 Å². The fourth-order valence-corrected chi connectivity index (χ4v) is 13.4. The molecular formula is C71H131O24P. The largest absolute Gasteiger partial charge is 0.472 e. The Morgan fingerprint density at radius 3 is 1.14 bits per heavy atom. The highest BCUT2D eigenvalue weighted by molar-refractivity contribution is 7.47. The van der Waals surface area contributed by atoms with Gasteiger partial charge in [0.1, 0.15) is 98.7 Å². The van der Waals surface area contributed by atoms with Gasteiger partial charge in [0, 0.05) is 19.3 Å². The number of esters is 3. The van der Waals surface area contributed by atoms with Gasteiger partial charge in [-0.25, -0.2) is 4.57 Å². The molecule has 18 unspecified atom stereocenters. The van der Waals surface area contributed by atoms with E-state index in [1.807, 2.05) is 0 Å². The van der Waals surface area contributed by atoms with Crippen LogP contribution in [0, 0.1) is 0 Å². The molecule has 0 aromatic rings. The van der Waals surface area contributed by atoms with E-state index in [-0.39, 0.29) is 19.3 Å². The molecule has 0 spiro atoms. The molecule has 25 heteroatoms. The van der Waals surface area contributed by atoms with Crippen molar-refractivity contribution in [3.05, 3.63) is 12.2 Å². The number of carbonyl (C=O) groups excluding carboxylic acids is 3. The van der Waals surface area contributed by atoms with Gasteiger partial charge in [-0.15, -0.1) is 0 Å². The monoisotopic (exact) mass is 1400 g/mol. The summed E-state index contributed by atoms with van der Waals surface area (Å²) < 4.78 is 65.0. The summed E-state index contributed by atoms with van der Waals surface area (Å²) in [5.74, 6) is -2.00. The van der Waals surface area contributed by atoms with Crippen molar-refractivity contribution in [2.24, 2.45) is 0 Å². The summed E-state index contributed by atoms with van der Waals surface area (Å²) in [6.45, 7) is 3.43. The second-order valence-corrected chi connectivity index (χ2v) is 28.4. The van der Waals surface area contributed by atoms with Gasteiger partial charge in [0.2, 0.25) is 0 Å². The van der Waals surface area contributed by atoms with E-state index in [0.29, 0.717) is 19.3 Å². The van der Waals surface area contributed by atoms with E-state index in [2.05, 4.69) is 32.9 Å². The van der Waals surface area contributed by atoms with Gasteiger partial charge in [-0.2, -0.15) is 0 Å². The number of hydrogen-bond donors (Lipinski definition) is 11. The van der Waals surface area contributed by atoms with Crippen molar-refractivity contribution >= 4 is 25.7 Å². The second-order valence-electron chi connectivity index (χ2n) is 27.0. The quantitative estimate of drug-likeness (QED) is 0.00886. The molecule has 18 atom stereocenters. The van der Waals surface area contributed by atoms with Crippen molar-refractivity contribution in [2.75, 3.05) is 26.4 Å². The van der Waals surface area contributed by atoms with Crippen LogP contribution in [0.4, 0.5) is 0 Å². The Balaban J connectivity index is 1.74. The number of carbonyl (C=O) groups is 3. The van der Waals surface area contributed by atoms with E-state index in [1.165, 1.54) is 135 Å². The minimum atomic E-state index is -5.69. The summed E-state index contributed by atoms with van der Waals surface area (Å²) in [5.41, 5.74) is 0. The first kappa shape index (κ1) is 87.9. The molecule has 2 aliphatic heterocycles. The van der Waals surface area contributed by atoms with Gasteiger partial charge in [-0.1, -0.05) is 238 Å². The molecule has 1 saturated carbocycles. The third-order valence-corrected chi connectivity index (χ3v) is 19.5. The average molecular weight is 1400 g/mol. The van der Waals surface area contributed by atoms with Crippen LogP contribution in [0.2, 0.25) is 0 Å². The van der Waals surface area contributed by atoms with Gasteiger partial charge < -0.3 is 89.1 Å². The van der Waals surface area contributed by atoms with E-state index in [1.54, 1.807) is 0 Å². The number of hydrogen-bond acceptors (Lipinski definition) is 23. The topological polar surface area (TPSA) is 374 Å². The summed E-state index contributed by atoms with van der Waals surface area (Å²) in [6.07, 6.45) is 11.4. The lowest BCUT2D eigenvalue weighted by Gasteiger charge is -2.49. The van der Waals surface area contributed by atoms with E-state index >= 15 is 0 Å². The van der Waals surface area contributed by atoms with Gasteiger partial charge in [0.15, 0.2) is 18.7 Å². The van der Waals surface area contributed by atoms with E-state index in [9.17, 15) is 74.9 Å². The van der Waals surface area contributed by atoms with E-state index < -0.39 is 156 Å². The van der Waals surface area contributed by atoms with Crippen molar-refractivity contribution < 1.29 is 117 Å². The zero-order chi connectivity index (χ0) is 70.4. The van der Waals surface area contributed by atoms with Crippen molar-refractivity contribution in [3.8, 4) is 0 Å². The highest BCUT2D eigenvalue weighted by Gasteiger charge is 2.58. The summed E-state index contributed by atoms with van der Waals surface area (Å²) in [7, 11) is -5.69. The van der Waals surface area contributed by atoms with E-state index in [0.717, 1.165) is 96.3 Å². The molecule has 0 bridgehead atoms. The molecule has 96 heavy (non-hydrogen) atoms. The van der Waals surface area contributed by atoms with Crippen LogP contribution in [-0.4, -0.2) is 204 Å². The van der Waals surface area contributed by atoms with Gasteiger partial charge in [0.25, 0.3) is 0 Å². The predicted molar refractivity (Wildman–Crippen MR) is 361 cm³/mol. The van der Waals surface area contributed by atoms with Crippen LogP contribution in [0.1, 0.15) is 290 Å². The Labute approximate surface area is 573 Å². The van der Waals surface area contributed by atoms with Crippen LogP contribution in [0.5, 0.6) is 0 Å². The third-order valence-electron chi connectivity index (χ3n) is 18.5. The highest BCUT2D eigenvalue weighted by Crippen LogP contribution is 2.49. The predicted octanol–water partition coefficient (Wildman–Crippen LogP) is 9.96. The normalized spacial score (nSPS) is 28.0. The number of aliphatic hydroxyl groups excluding tert-OH is 10. The van der Waals surface area contributed by atoms with Gasteiger partial charge in [0.05, 0.1) is 13.2 Å². The molecule has 3 rings (SSSR count). The molecule has 564 valence electrons. The first-order chi connectivity index (χ1) is 46.3. The molecule has 0 aromatic heterocycles. The molecule has 0 radical (unpaired) electrons. The van der Waals surface area contributed by atoms with Crippen molar-refractivity contribution in [2.45, 2.75) is 395 Å². The SMILES string of the molecule is CCCCCCCC/C=C\CCCCCC(=O)OCC1OC(OC2C(O)C(O)C(O)C(OC3OC(CO)C(O)C(O)C3O)C2OP(=O)(O)OCC(COC(=O)CCCCCCCCCCCCCC)OC(=O)CCCCCCCCCCCCCCCCCC)C(O)C(O)C1O. The van der Waals surface area contributed by atoms with Crippen LogP contribution in [0.25, 0.3) is 0 Å². The minimum absolute atomic E-state index is 0.00937. The summed E-state index contributed by atoms with van der Waals surface area (Å²) in [4.78, 5) is 50.9. The van der Waals surface area contributed by atoms with Gasteiger partial charge >= 0.3 is 25.7 Å². The zero-order valence-electron chi connectivity index (χ0n) is 58.7. The highest BCUT2D eigenvalue weighted by atomic mass is 31.2. The maximum Gasteiger partial charge on any atom is 0.472 e. The molecule has 3 aliphatic rings. The zero-order valence-corrected chi connectivity index (χ0v) is 59.6. The molecule has 11 N–H and O–H groups in total. The van der Waals surface area contributed by atoms with Crippen LogP contribution >= 0.6 is 7.82 Å². The molecular weight excluding hydrogens is 1270 g/mol. The summed E-state index contributed by atoms with van der Waals surface area (Å²) >= 11 is 0. The molecule has 2 saturated heterocycles. The van der Waals surface area contributed by atoms with Crippen molar-refractivity contribution in [1.29, 1.82) is 0 Å². The molecule has 0 amide bonds. The average Bonchev–Trinajstić information content (AvgIpc) is 0.763. The Bertz CT molecular complexity index is 2040. The molecule has 24 nitrogen and oxygen atoms in total. The maximum absolute atomic E-state index is 14.3. The molecule has 0 aromatic carbocycles. The third kappa shape index (κ3) is 36.5. The van der Waals surface area contributed by atoms with Crippen LogP contribution < -0.4 is 0 Å². The fraction of sp³-hybridized carbons (Fsp3) is 0.930. The number of aliphatic hydroxyl groups is 10. The standard InChI is InChI=1S/C71H131O24P/c1-4-7-10-13-16-19-22-25-26-27-29-32-35-38-41-44-47-57(75)90-52(49-87-55(73)45-42-39-36-33-30-24-21-18-15-12-9-6-3)50-89-96(85,86)95-69-67(93-70-65(83)60(78)58(76)53(48-72)91-70)63(81)62(80)64(82)68(69)94-71-66(84)61(79)59(77)54(92-71)51-88-56(74)46-43-40-37-34-31-28-23-20-17-14-11-8-5-2/h28,31,52-54,58-72,76-84H,4-27,29-30,32-51H2,1-3H3,(H,85,86)/b31-28-. The molecule has 1 aliphatic carbocycles. The lowest BCUT2D eigenvalue weighted by atomic mass is 9.84. The minimum Gasteiger partial charge on any atom is -0.463 e. The van der Waals surface area contributed by atoms with E-state index in [4.69, 9.17) is 42.2 Å². The Morgan fingerprint density at radius 2 is 0.729 bits per heavy atom. The van der Waals surface area contributed by atoms with Crippen LogP contribution in [-0.2, 0) is 61.2 Å². The first-order valence-corrected chi connectivity index (χ1v) is 39.0. The Morgan fingerprint density at radius 1 is 0.396 bits per heavy atom. The molecule has 3 fully saturated rings. The van der Waals surface area contributed by atoms with Gasteiger partial charge in [-0.3, -0.25) is 23.4 Å². The lowest BCUT2D eigenvalue weighted by molar-refractivity contribution is -0.360. The molecule has 2 heterocycles. The maximum atomic E-state index is 14.3. The summed E-state index contributed by atoms with van der Waals surface area (Å²) in [5, 5.41) is 110.